The molecule has 6 nitrogen and oxygen atoms in total. The Morgan fingerprint density at radius 1 is 1.53 bits per heavy atom. The number of amides is 2. The van der Waals surface area contributed by atoms with Gasteiger partial charge in [0.25, 0.3) is 0 Å². The second kappa shape index (κ2) is 5.38. The minimum atomic E-state index is -0.673. The number of anilines is 1. The first-order valence-electron chi connectivity index (χ1n) is 5.57. The number of halogens is 1. The van der Waals surface area contributed by atoms with Gasteiger partial charge in [-0.05, 0) is 19.1 Å². The van der Waals surface area contributed by atoms with E-state index in [-0.39, 0.29) is 6.10 Å². The summed E-state index contributed by atoms with van der Waals surface area (Å²) in [6.07, 6.45) is 1.23. The summed E-state index contributed by atoms with van der Waals surface area (Å²) in [6, 6.07) is 2.73. The zero-order chi connectivity index (χ0) is 14.0. The summed E-state index contributed by atoms with van der Waals surface area (Å²) in [5.74, 6) is 0. The Morgan fingerprint density at radius 3 is 2.89 bits per heavy atom. The molecule has 0 aromatic carbocycles. The molecule has 3 N–H and O–H groups in total. The molecule has 0 fully saturated rings. The monoisotopic (exact) mass is 280 g/mol. The molecule has 0 aliphatic heterocycles. The molecule has 2 aromatic heterocycles. The number of nitrogens with one attached hydrogen (secondary N) is 1. The van der Waals surface area contributed by atoms with Crippen LogP contribution in [0.25, 0.3) is 11.0 Å². The number of nitrogens with zero attached hydrogens (tertiary/aromatic N) is 2. The molecule has 1 unspecified atom stereocenters. The SMILES string of the molecule is COC(C)c1c(NC(N)=O)cnc2ccc(Cl)nc12. The quantitative estimate of drug-likeness (QED) is 0.845. The summed E-state index contributed by atoms with van der Waals surface area (Å²) in [5, 5.41) is 2.86. The van der Waals surface area contributed by atoms with Gasteiger partial charge >= 0.3 is 6.03 Å². The molecule has 19 heavy (non-hydrogen) atoms. The predicted molar refractivity (Wildman–Crippen MR) is 73.2 cm³/mol. The lowest BCUT2D eigenvalue weighted by molar-refractivity contribution is 0.121. The minimum absolute atomic E-state index is 0.293. The fourth-order valence-electron chi connectivity index (χ4n) is 1.82. The summed E-state index contributed by atoms with van der Waals surface area (Å²) in [4.78, 5) is 19.5. The van der Waals surface area contributed by atoms with Gasteiger partial charge in [0.1, 0.15) is 5.15 Å². The van der Waals surface area contributed by atoms with Crippen molar-refractivity contribution in [2.24, 2.45) is 5.73 Å². The highest BCUT2D eigenvalue weighted by molar-refractivity contribution is 6.29. The van der Waals surface area contributed by atoms with E-state index in [9.17, 15) is 4.79 Å². The predicted octanol–water partition coefficient (Wildman–Crippen LogP) is 2.48. The molecule has 0 bridgehead atoms. The van der Waals surface area contributed by atoms with Crippen molar-refractivity contribution in [3.63, 3.8) is 0 Å². The molecule has 0 aliphatic carbocycles. The first kappa shape index (κ1) is 13.5. The number of methoxy groups -OCH3 is 1. The number of rotatable bonds is 3. The smallest absolute Gasteiger partial charge is 0.316 e. The van der Waals surface area contributed by atoms with Crippen molar-refractivity contribution in [3.05, 3.63) is 29.0 Å². The number of aromatic nitrogens is 2. The maximum Gasteiger partial charge on any atom is 0.316 e. The average molecular weight is 281 g/mol. The van der Waals surface area contributed by atoms with Crippen LogP contribution in [0, 0.1) is 0 Å². The van der Waals surface area contributed by atoms with Crippen LogP contribution in [0.3, 0.4) is 0 Å². The zero-order valence-corrected chi connectivity index (χ0v) is 11.2. The number of pyridine rings is 2. The molecule has 2 aromatic rings. The molecule has 2 rings (SSSR count). The fraction of sp³-hybridized carbons (Fsp3) is 0.250. The number of hydrogen-bond donors (Lipinski definition) is 2. The Bertz CT molecular complexity index is 632. The lowest BCUT2D eigenvalue weighted by atomic mass is 10.1. The van der Waals surface area contributed by atoms with Crippen molar-refractivity contribution < 1.29 is 9.53 Å². The van der Waals surface area contributed by atoms with E-state index in [2.05, 4.69) is 15.3 Å². The van der Waals surface area contributed by atoms with Crippen molar-refractivity contribution in [1.82, 2.24) is 9.97 Å². The van der Waals surface area contributed by atoms with Crippen LogP contribution in [0.15, 0.2) is 18.3 Å². The van der Waals surface area contributed by atoms with Crippen molar-refractivity contribution in [2.45, 2.75) is 13.0 Å². The van der Waals surface area contributed by atoms with Gasteiger partial charge in [0, 0.05) is 12.7 Å². The van der Waals surface area contributed by atoms with Crippen molar-refractivity contribution in [1.29, 1.82) is 0 Å². The normalized spacial score (nSPS) is 12.4. The minimum Gasteiger partial charge on any atom is -0.377 e. The molecule has 0 saturated carbocycles. The highest BCUT2D eigenvalue weighted by Gasteiger charge is 2.17. The number of nitrogens with two attached hydrogens (primary N) is 1. The fourth-order valence-corrected chi connectivity index (χ4v) is 1.97. The van der Waals surface area contributed by atoms with Crippen molar-refractivity contribution >= 4 is 34.4 Å². The summed E-state index contributed by atoms with van der Waals surface area (Å²) in [5.41, 5.74) is 7.54. The molecule has 1 atom stereocenters. The van der Waals surface area contributed by atoms with Crippen molar-refractivity contribution in [2.75, 3.05) is 12.4 Å². The molecular formula is C12H13ClN4O2. The molecule has 7 heteroatoms. The van der Waals surface area contributed by atoms with E-state index < -0.39 is 6.03 Å². The largest absolute Gasteiger partial charge is 0.377 e. The lowest BCUT2D eigenvalue weighted by Gasteiger charge is -2.16. The van der Waals surface area contributed by atoms with Gasteiger partial charge in [-0.3, -0.25) is 4.98 Å². The topological polar surface area (TPSA) is 90.1 Å². The van der Waals surface area contributed by atoms with Crippen LogP contribution in [-0.2, 0) is 4.74 Å². The van der Waals surface area contributed by atoms with Gasteiger partial charge in [0.05, 0.1) is 29.0 Å². The Morgan fingerprint density at radius 2 is 2.26 bits per heavy atom. The Balaban J connectivity index is 2.71. The number of carbonyl (C=O) groups excluding carboxylic acids is 1. The second-order valence-corrected chi connectivity index (χ2v) is 4.34. The molecule has 100 valence electrons. The van der Waals surface area contributed by atoms with E-state index in [1.165, 1.54) is 6.20 Å². The van der Waals surface area contributed by atoms with E-state index in [0.717, 1.165) is 0 Å². The van der Waals surface area contributed by atoms with E-state index >= 15 is 0 Å². The zero-order valence-electron chi connectivity index (χ0n) is 10.5. The van der Waals surface area contributed by atoms with Crippen LogP contribution in [0.5, 0.6) is 0 Å². The van der Waals surface area contributed by atoms with Gasteiger partial charge in [-0.15, -0.1) is 0 Å². The summed E-state index contributed by atoms with van der Waals surface area (Å²) < 4.78 is 5.30. The second-order valence-electron chi connectivity index (χ2n) is 3.95. The number of ether oxygens (including phenoxy) is 1. The standard InChI is InChI=1S/C12H13ClN4O2/c1-6(19-2)10-8(16-12(14)18)5-15-7-3-4-9(13)17-11(7)10/h3-6H,1-2H3,(H3,14,16,18). The highest BCUT2D eigenvalue weighted by Crippen LogP contribution is 2.31. The van der Waals surface area contributed by atoms with E-state index in [4.69, 9.17) is 22.1 Å². The first-order chi connectivity index (χ1) is 9.02. The number of urea groups is 1. The van der Waals surface area contributed by atoms with Gasteiger partial charge in [0.15, 0.2) is 0 Å². The van der Waals surface area contributed by atoms with Crippen LogP contribution in [0.2, 0.25) is 5.15 Å². The third kappa shape index (κ3) is 2.74. The molecule has 0 spiro atoms. The molecule has 0 radical (unpaired) electrons. The van der Waals surface area contributed by atoms with Gasteiger partial charge < -0.3 is 15.8 Å². The third-order valence-corrected chi connectivity index (χ3v) is 2.95. The molecule has 0 aliphatic rings. The highest BCUT2D eigenvalue weighted by atomic mass is 35.5. The van der Waals surface area contributed by atoms with E-state index in [0.29, 0.717) is 27.4 Å². The van der Waals surface area contributed by atoms with Crippen molar-refractivity contribution in [3.8, 4) is 0 Å². The number of carbonyl (C=O) groups is 1. The van der Waals surface area contributed by atoms with E-state index in [1.807, 2.05) is 6.92 Å². The summed E-state index contributed by atoms with van der Waals surface area (Å²) in [7, 11) is 1.57. The number of hydrogen-bond acceptors (Lipinski definition) is 4. The summed E-state index contributed by atoms with van der Waals surface area (Å²) in [6.45, 7) is 1.84. The van der Waals surface area contributed by atoms with Gasteiger partial charge in [-0.1, -0.05) is 11.6 Å². The van der Waals surface area contributed by atoms with Crippen LogP contribution in [-0.4, -0.2) is 23.1 Å². The third-order valence-electron chi connectivity index (χ3n) is 2.74. The Labute approximate surface area is 114 Å². The number of fused-ring (bicyclic) bond motifs is 1. The van der Waals surface area contributed by atoms with E-state index in [1.54, 1.807) is 19.2 Å². The van der Waals surface area contributed by atoms with Crippen LogP contribution in [0.4, 0.5) is 10.5 Å². The lowest BCUT2D eigenvalue weighted by Crippen LogP contribution is -2.21. The maximum atomic E-state index is 11.0. The van der Waals surface area contributed by atoms with Crippen LogP contribution >= 0.6 is 11.6 Å². The molecule has 0 saturated heterocycles. The molecular weight excluding hydrogens is 268 g/mol. The Hall–Kier alpha value is -1.92. The Kier molecular flexibility index (Phi) is 3.82. The summed E-state index contributed by atoms with van der Waals surface area (Å²) >= 11 is 5.90. The first-order valence-corrected chi connectivity index (χ1v) is 5.95. The van der Waals surface area contributed by atoms with Gasteiger partial charge in [0.2, 0.25) is 0 Å². The molecule has 2 heterocycles. The van der Waals surface area contributed by atoms with Crippen LogP contribution in [0.1, 0.15) is 18.6 Å². The average Bonchev–Trinajstić information content (AvgIpc) is 2.36. The number of primary amides is 1. The van der Waals surface area contributed by atoms with Gasteiger partial charge in [-0.2, -0.15) is 0 Å². The molecule has 2 amide bonds. The van der Waals surface area contributed by atoms with Crippen LogP contribution < -0.4 is 11.1 Å². The maximum absolute atomic E-state index is 11.0. The van der Waals surface area contributed by atoms with Gasteiger partial charge in [-0.25, -0.2) is 9.78 Å².